The number of nitrogens with one attached hydrogen (secondary N) is 1. The van der Waals surface area contributed by atoms with Gasteiger partial charge in [0.2, 0.25) is 0 Å². The van der Waals surface area contributed by atoms with Gasteiger partial charge < -0.3 is 15.2 Å². The number of hydrogen-bond donors (Lipinski definition) is 2. The van der Waals surface area contributed by atoms with Crippen LogP contribution in [-0.4, -0.2) is 47.7 Å². The third kappa shape index (κ3) is 6.78. The summed E-state index contributed by atoms with van der Waals surface area (Å²) < 4.78 is 66.5. The molecule has 0 aliphatic carbocycles. The first-order valence-electron chi connectivity index (χ1n) is 6.57. The van der Waals surface area contributed by atoms with Gasteiger partial charge in [0, 0.05) is 6.42 Å². The first-order chi connectivity index (χ1) is 10.4. The molecular weight excluding hydrogens is 333 g/mol. The van der Waals surface area contributed by atoms with Crippen LogP contribution in [0.3, 0.4) is 0 Å². The molecule has 0 aromatic heterocycles. The van der Waals surface area contributed by atoms with E-state index < -0.39 is 48.8 Å². The Morgan fingerprint density at radius 3 is 2.17 bits per heavy atom. The summed E-state index contributed by atoms with van der Waals surface area (Å²) >= 11 is 0. The molecule has 0 aliphatic rings. The van der Waals surface area contributed by atoms with Gasteiger partial charge in [-0.1, -0.05) is 13.3 Å². The number of hydrogen-bond acceptors (Lipinski definition) is 4. The molecule has 0 rings (SSSR count). The fourth-order valence-corrected chi connectivity index (χ4v) is 1.31. The lowest BCUT2D eigenvalue weighted by Gasteiger charge is -2.22. The van der Waals surface area contributed by atoms with Crippen LogP contribution in [0.1, 0.15) is 32.6 Å². The van der Waals surface area contributed by atoms with Gasteiger partial charge in [0.05, 0.1) is 6.61 Å². The second-order valence-electron chi connectivity index (χ2n) is 4.55. The smallest absolute Gasteiger partial charge is 0.463 e. The molecule has 1 amide bonds. The maximum absolute atomic E-state index is 12.8. The highest BCUT2D eigenvalue weighted by atomic mass is 19.4. The molecule has 0 unspecified atom stereocenters. The Morgan fingerprint density at radius 1 is 1.17 bits per heavy atom. The van der Waals surface area contributed by atoms with E-state index in [2.05, 4.69) is 4.74 Å². The van der Waals surface area contributed by atoms with Gasteiger partial charge in [0.15, 0.2) is 0 Å². The number of alkyl halides is 5. The van der Waals surface area contributed by atoms with E-state index in [1.54, 1.807) is 6.92 Å². The molecule has 23 heavy (non-hydrogen) atoms. The quantitative estimate of drug-likeness (QED) is 0.377. The number of aliphatic carboxylic acids is 1. The predicted octanol–water partition coefficient (Wildman–Crippen LogP) is 1.88. The number of carbonyl (C=O) groups is 3. The number of esters is 1. The van der Waals surface area contributed by atoms with Crippen LogP contribution in [0.5, 0.6) is 0 Å². The molecule has 0 saturated heterocycles. The topological polar surface area (TPSA) is 92.7 Å². The lowest BCUT2D eigenvalue weighted by atomic mass is 10.1. The Kier molecular flexibility index (Phi) is 7.90. The van der Waals surface area contributed by atoms with Gasteiger partial charge in [-0.3, -0.25) is 9.59 Å². The number of carboxylic acids is 1. The van der Waals surface area contributed by atoms with Gasteiger partial charge in [-0.2, -0.15) is 22.0 Å². The molecule has 1 atom stereocenters. The summed E-state index contributed by atoms with van der Waals surface area (Å²) in [5.41, 5.74) is 0. The van der Waals surface area contributed by atoms with Crippen molar-refractivity contribution >= 4 is 17.8 Å². The zero-order valence-electron chi connectivity index (χ0n) is 12.1. The number of amides is 1. The lowest BCUT2D eigenvalue weighted by Crippen LogP contribution is -2.55. The van der Waals surface area contributed by atoms with Crippen LogP contribution in [-0.2, 0) is 19.1 Å². The van der Waals surface area contributed by atoms with E-state index in [9.17, 15) is 36.3 Å². The minimum absolute atomic E-state index is 0.134. The van der Waals surface area contributed by atoms with E-state index in [4.69, 9.17) is 5.11 Å². The van der Waals surface area contributed by atoms with Gasteiger partial charge in [-0.05, 0) is 12.8 Å². The van der Waals surface area contributed by atoms with Gasteiger partial charge in [-0.15, -0.1) is 0 Å². The molecule has 6 nitrogen and oxygen atoms in total. The molecule has 0 aromatic carbocycles. The highest BCUT2D eigenvalue weighted by Crippen LogP contribution is 2.35. The van der Waals surface area contributed by atoms with E-state index in [0.29, 0.717) is 12.8 Å². The monoisotopic (exact) mass is 349 g/mol. The molecule has 0 aliphatic heterocycles. The largest absolute Gasteiger partial charge is 0.481 e. The second kappa shape index (κ2) is 8.63. The normalized spacial score (nSPS) is 13.3. The van der Waals surface area contributed by atoms with Gasteiger partial charge in [0.25, 0.3) is 0 Å². The fourth-order valence-electron chi connectivity index (χ4n) is 1.31. The van der Waals surface area contributed by atoms with Gasteiger partial charge in [-0.25, -0.2) is 4.79 Å². The third-order valence-corrected chi connectivity index (χ3v) is 2.62. The fraction of sp³-hybridized carbons (Fsp3) is 0.750. The third-order valence-electron chi connectivity index (χ3n) is 2.62. The van der Waals surface area contributed by atoms with Gasteiger partial charge in [0.1, 0.15) is 6.04 Å². The van der Waals surface area contributed by atoms with Gasteiger partial charge >= 0.3 is 29.9 Å². The molecule has 134 valence electrons. The summed E-state index contributed by atoms with van der Waals surface area (Å²) in [4.78, 5) is 33.1. The minimum atomic E-state index is -6.14. The Bertz CT molecular complexity index is 438. The molecule has 0 bridgehead atoms. The SMILES string of the molecule is CCCCOC(=O)[C@H](CCC(=O)O)NC(=O)C(F)(F)C(F)(F)F. The van der Waals surface area contributed by atoms with Crippen molar-refractivity contribution in [2.24, 2.45) is 0 Å². The summed E-state index contributed by atoms with van der Waals surface area (Å²) in [6, 6.07) is -1.91. The summed E-state index contributed by atoms with van der Waals surface area (Å²) in [6.45, 7) is 1.62. The standard InChI is InChI=1S/C12H16F5NO5/c1-2-3-6-23-9(21)7(4-5-8(19)20)18-10(22)11(13,14)12(15,16)17/h7H,2-6H2,1H3,(H,18,22)(H,19,20)/t7-/m0/s1. The lowest BCUT2D eigenvalue weighted by molar-refractivity contribution is -0.270. The summed E-state index contributed by atoms with van der Waals surface area (Å²) in [6.07, 6.45) is -6.53. The van der Waals surface area contributed by atoms with Crippen LogP contribution in [0.25, 0.3) is 0 Å². The molecule has 0 fully saturated rings. The molecule has 0 heterocycles. The summed E-state index contributed by atoms with van der Waals surface area (Å²) in [7, 11) is 0. The first kappa shape index (κ1) is 21.1. The maximum Gasteiger partial charge on any atom is 0.463 e. The van der Waals surface area contributed by atoms with Crippen molar-refractivity contribution in [1.29, 1.82) is 0 Å². The van der Waals surface area contributed by atoms with Crippen molar-refractivity contribution in [3.8, 4) is 0 Å². The van der Waals surface area contributed by atoms with E-state index >= 15 is 0 Å². The Morgan fingerprint density at radius 2 is 1.74 bits per heavy atom. The van der Waals surface area contributed by atoms with E-state index in [1.807, 2.05) is 0 Å². The van der Waals surface area contributed by atoms with Crippen LogP contribution in [0.2, 0.25) is 0 Å². The highest BCUT2D eigenvalue weighted by Gasteiger charge is 2.63. The Balaban J connectivity index is 4.96. The average molecular weight is 349 g/mol. The van der Waals surface area contributed by atoms with Crippen LogP contribution in [0.15, 0.2) is 0 Å². The van der Waals surface area contributed by atoms with Crippen molar-refractivity contribution in [3.05, 3.63) is 0 Å². The number of unbranched alkanes of at least 4 members (excludes halogenated alkanes) is 1. The highest BCUT2D eigenvalue weighted by molar-refractivity contribution is 5.89. The molecule has 2 N–H and O–H groups in total. The van der Waals surface area contributed by atoms with E-state index in [0.717, 1.165) is 0 Å². The summed E-state index contributed by atoms with van der Waals surface area (Å²) in [5, 5.41) is 9.69. The molecule has 11 heteroatoms. The average Bonchev–Trinajstić information content (AvgIpc) is 2.41. The van der Waals surface area contributed by atoms with Crippen molar-refractivity contribution in [1.82, 2.24) is 5.32 Å². The van der Waals surface area contributed by atoms with Crippen LogP contribution in [0.4, 0.5) is 22.0 Å². The van der Waals surface area contributed by atoms with Crippen LogP contribution < -0.4 is 5.32 Å². The first-order valence-corrected chi connectivity index (χ1v) is 6.57. The van der Waals surface area contributed by atoms with E-state index in [1.165, 1.54) is 5.32 Å². The molecule has 0 spiro atoms. The van der Waals surface area contributed by atoms with Crippen LogP contribution >= 0.6 is 0 Å². The van der Waals surface area contributed by atoms with E-state index in [-0.39, 0.29) is 6.61 Å². The van der Waals surface area contributed by atoms with Crippen molar-refractivity contribution in [2.75, 3.05) is 6.61 Å². The minimum Gasteiger partial charge on any atom is -0.481 e. The zero-order chi connectivity index (χ0) is 18.3. The number of ether oxygens (including phenoxy) is 1. The molecular formula is C12H16F5NO5. The van der Waals surface area contributed by atoms with Crippen molar-refractivity contribution in [3.63, 3.8) is 0 Å². The van der Waals surface area contributed by atoms with Crippen molar-refractivity contribution < 1.29 is 46.2 Å². The number of carboxylic acid groups (broad SMARTS) is 1. The number of carbonyl (C=O) groups excluding carboxylic acids is 2. The Hall–Kier alpha value is -1.94. The summed E-state index contributed by atoms with van der Waals surface area (Å²) in [5.74, 6) is -11.1. The molecule has 0 saturated carbocycles. The van der Waals surface area contributed by atoms with Crippen LogP contribution in [0, 0.1) is 0 Å². The molecule has 0 radical (unpaired) electrons. The molecule has 0 aromatic rings. The Labute approximate surface area is 128 Å². The predicted molar refractivity (Wildman–Crippen MR) is 65.7 cm³/mol. The van der Waals surface area contributed by atoms with Crippen molar-refractivity contribution in [2.45, 2.75) is 50.7 Å². The number of rotatable bonds is 9. The number of halogens is 5. The zero-order valence-corrected chi connectivity index (χ0v) is 12.1. The second-order valence-corrected chi connectivity index (χ2v) is 4.55. The maximum atomic E-state index is 12.8.